The molecule has 0 atom stereocenters. The van der Waals surface area contributed by atoms with E-state index < -0.39 is 5.54 Å². The fourth-order valence-electron chi connectivity index (χ4n) is 1.61. The van der Waals surface area contributed by atoms with Gasteiger partial charge in [0.2, 0.25) is 0 Å². The van der Waals surface area contributed by atoms with Crippen LogP contribution >= 0.6 is 0 Å². The smallest absolute Gasteiger partial charge is 0.331 e. The topological polar surface area (TPSA) is 59.1 Å². The Labute approximate surface area is 101 Å². The first-order valence-electron chi connectivity index (χ1n) is 5.75. The zero-order valence-corrected chi connectivity index (χ0v) is 10.9. The molecule has 1 fully saturated rings. The zero-order valence-electron chi connectivity index (χ0n) is 10.9. The Hall–Kier alpha value is -1.14. The summed E-state index contributed by atoms with van der Waals surface area (Å²) < 4.78 is 10.3. The molecule has 3 amide bonds. The maximum atomic E-state index is 12.0. The van der Waals surface area contributed by atoms with Crippen LogP contribution in [-0.2, 0) is 14.3 Å². The molecule has 0 aromatic rings. The van der Waals surface area contributed by atoms with E-state index in [1.54, 1.807) is 13.8 Å². The lowest BCUT2D eigenvalue weighted by molar-refractivity contribution is -0.136. The van der Waals surface area contributed by atoms with Crippen molar-refractivity contribution in [1.82, 2.24) is 9.80 Å². The molecule has 1 heterocycles. The van der Waals surface area contributed by atoms with Crippen LogP contribution in [0.4, 0.5) is 4.79 Å². The Morgan fingerprint density at radius 3 is 2.12 bits per heavy atom. The number of nitrogens with zero attached hydrogens (tertiary/aromatic N) is 2. The van der Waals surface area contributed by atoms with Gasteiger partial charge in [-0.3, -0.25) is 9.69 Å². The third-order valence-corrected chi connectivity index (χ3v) is 2.75. The van der Waals surface area contributed by atoms with Gasteiger partial charge in [-0.05, 0) is 27.7 Å². The van der Waals surface area contributed by atoms with E-state index in [-0.39, 0.29) is 25.4 Å². The number of hydrogen-bond donors (Lipinski definition) is 0. The van der Waals surface area contributed by atoms with Gasteiger partial charge in [0, 0.05) is 13.2 Å². The van der Waals surface area contributed by atoms with Crippen LogP contribution in [0.3, 0.4) is 0 Å². The second-order valence-corrected chi connectivity index (χ2v) is 4.25. The van der Waals surface area contributed by atoms with E-state index >= 15 is 0 Å². The number of ether oxygens (including phenoxy) is 2. The zero-order chi connectivity index (χ0) is 13.1. The Morgan fingerprint density at radius 2 is 1.59 bits per heavy atom. The van der Waals surface area contributed by atoms with E-state index in [0.29, 0.717) is 13.2 Å². The lowest BCUT2D eigenvalue weighted by Gasteiger charge is -2.26. The Bertz CT molecular complexity index is 304. The summed E-state index contributed by atoms with van der Waals surface area (Å²) in [6, 6.07) is -0.359. The summed E-state index contributed by atoms with van der Waals surface area (Å²) in [5, 5.41) is 0. The monoisotopic (exact) mass is 244 g/mol. The number of amides is 3. The molecular formula is C11H20N2O4. The van der Waals surface area contributed by atoms with Crippen molar-refractivity contribution < 1.29 is 19.1 Å². The van der Waals surface area contributed by atoms with E-state index in [4.69, 9.17) is 9.47 Å². The molecule has 17 heavy (non-hydrogen) atoms. The molecule has 1 aliphatic rings. The first-order chi connectivity index (χ1) is 7.96. The van der Waals surface area contributed by atoms with Gasteiger partial charge in [0.05, 0.1) is 0 Å². The van der Waals surface area contributed by atoms with Crippen LogP contribution in [0.1, 0.15) is 27.7 Å². The summed E-state index contributed by atoms with van der Waals surface area (Å²) in [7, 11) is 0. The maximum absolute atomic E-state index is 12.0. The summed E-state index contributed by atoms with van der Waals surface area (Å²) in [6.45, 7) is 8.15. The van der Waals surface area contributed by atoms with Gasteiger partial charge in [0.25, 0.3) is 5.91 Å². The van der Waals surface area contributed by atoms with Crippen molar-refractivity contribution in [3.05, 3.63) is 0 Å². The van der Waals surface area contributed by atoms with Gasteiger partial charge in [-0.1, -0.05) is 0 Å². The van der Waals surface area contributed by atoms with Crippen molar-refractivity contribution >= 4 is 11.9 Å². The lowest BCUT2D eigenvalue weighted by Crippen LogP contribution is -2.45. The predicted molar refractivity (Wildman–Crippen MR) is 61.1 cm³/mol. The van der Waals surface area contributed by atoms with Gasteiger partial charge in [-0.25, -0.2) is 9.69 Å². The quantitative estimate of drug-likeness (QED) is 0.654. The van der Waals surface area contributed by atoms with E-state index in [2.05, 4.69) is 0 Å². The van der Waals surface area contributed by atoms with Crippen molar-refractivity contribution in [3.63, 3.8) is 0 Å². The highest BCUT2D eigenvalue weighted by Gasteiger charge is 2.51. The molecule has 0 aliphatic carbocycles. The average molecular weight is 244 g/mol. The van der Waals surface area contributed by atoms with E-state index in [1.165, 1.54) is 4.90 Å². The highest BCUT2D eigenvalue weighted by molar-refractivity contribution is 6.06. The maximum Gasteiger partial charge on any atom is 0.331 e. The molecule has 6 nitrogen and oxygen atoms in total. The van der Waals surface area contributed by atoms with Crippen LogP contribution in [0.25, 0.3) is 0 Å². The molecule has 0 saturated carbocycles. The van der Waals surface area contributed by atoms with Crippen molar-refractivity contribution in [2.24, 2.45) is 0 Å². The molecule has 0 N–H and O–H groups in total. The van der Waals surface area contributed by atoms with E-state index in [9.17, 15) is 9.59 Å². The van der Waals surface area contributed by atoms with E-state index in [1.807, 2.05) is 13.8 Å². The van der Waals surface area contributed by atoms with Gasteiger partial charge in [-0.2, -0.15) is 0 Å². The number of rotatable bonds is 6. The normalized spacial score (nSPS) is 19.3. The third kappa shape index (κ3) is 2.58. The van der Waals surface area contributed by atoms with Gasteiger partial charge < -0.3 is 9.47 Å². The fourth-order valence-corrected chi connectivity index (χ4v) is 1.61. The molecule has 0 radical (unpaired) electrons. The molecule has 1 rings (SSSR count). The summed E-state index contributed by atoms with van der Waals surface area (Å²) in [4.78, 5) is 26.6. The molecule has 0 aromatic heterocycles. The number of urea groups is 1. The molecule has 0 spiro atoms. The van der Waals surface area contributed by atoms with Crippen LogP contribution in [0.2, 0.25) is 0 Å². The van der Waals surface area contributed by atoms with Crippen molar-refractivity contribution in [2.45, 2.75) is 33.2 Å². The van der Waals surface area contributed by atoms with E-state index in [0.717, 1.165) is 4.90 Å². The van der Waals surface area contributed by atoms with Crippen molar-refractivity contribution in [1.29, 1.82) is 0 Å². The van der Waals surface area contributed by atoms with Crippen LogP contribution < -0.4 is 0 Å². The highest BCUT2D eigenvalue weighted by Crippen LogP contribution is 2.27. The second-order valence-electron chi connectivity index (χ2n) is 4.25. The van der Waals surface area contributed by atoms with Crippen molar-refractivity contribution in [3.8, 4) is 0 Å². The SMILES string of the molecule is CCOCN1C(=O)N(COCC)C(C)(C)C1=O. The molecule has 1 aliphatic heterocycles. The molecule has 0 bridgehead atoms. The van der Waals surface area contributed by atoms with Gasteiger partial charge >= 0.3 is 6.03 Å². The third-order valence-electron chi connectivity index (χ3n) is 2.75. The first kappa shape index (κ1) is 13.9. The average Bonchev–Trinajstić information content (AvgIpc) is 2.43. The number of carbonyl (C=O) groups is 2. The fraction of sp³-hybridized carbons (Fsp3) is 0.818. The molecule has 6 heteroatoms. The summed E-state index contributed by atoms with van der Waals surface area (Å²) in [5.74, 6) is -0.254. The van der Waals surface area contributed by atoms with Crippen LogP contribution in [0, 0.1) is 0 Å². The molecular weight excluding hydrogens is 224 g/mol. The van der Waals surface area contributed by atoms with Crippen LogP contribution in [0.15, 0.2) is 0 Å². The van der Waals surface area contributed by atoms with Crippen LogP contribution in [0.5, 0.6) is 0 Å². The minimum absolute atomic E-state index is 0.000220. The van der Waals surface area contributed by atoms with Crippen LogP contribution in [-0.4, -0.2) is 54.0 Å². The van der Waals surface area contributed by atoms with Gasteiger partial charge in [0.15, 0.2) is 0 Å². The first-order valence-corrected chi connectivity index (χ1v) is 5.75. The number of imide groups is 1. The summed E-state index contributed by atoms with van der Waals surface area (Å²) in [5.41, 5.74) is -0.872. The highest BCUT2D eigenvalue weighted by atomic mass is 16.5. The van der Waals surface area contributed by atoms with Gasteiger partial charge in [-0.15, -0.1) is 0 Å². The number of hydrogen-bond acceptors (Lipinski definition) is 4. The van der Waals surface area contributed by atoms with Gasteiger partial charge in [0.1, 0.15) is 19.0 Å². The Kier molecular flexibility index (Phi) is 4.47. The second kappa shape index (κ2) is 5.46. The minimum Gasteiger partial charge on any atom is -0.361 e. The minimum atomic E-state index is -0.872. The standard InChI is InChI=1S/C11H20N2O4/c1-5-16-7-12-9(14)11(3,4)13(10(12)15)8-17-6-2/h5-8H2,1-4H3. The Balaban J connectivity index is 2.79. The molecule has 98 valence electrons. The summed E-state index contributed by atoms with van der Waals surface area (Å²) >= 11 is 0. The Morgan fingerprint density at radius 1 is 1.06 bits per heavy atom. The lowest BCUT2D eigenvalue weighted by atomic mass is 10.1. The molecule has 1 saturated heterocycles. The summed E-state index contributed by atoms with van der Waals surface area (Å²) in [6.07, 6.45) is 0. The largest absolute Gasteiger partial charge is 0.361 e. The molecule has 0 aromatic carbocycles. The number of carbonyl (C=O) groups excluding carboxylic acids is 2. The predicted octanol–water partition coefficient (Wildman–Crippen LogP) is 1.02. The molecule has 0 unspecified atom stereocenters. The van der Waals surface area contributed by atoms with Crippen molar-refractivity contribution in [2.75, 3.05) is 26.7 Å².